The summed E-state index contributed by atoms with van der Waals surface area (Å²) in [5.74, 6) is 0.478. The summed E-state index contributed by atoms with van der Waals surface area (Å²) in [7, 11) is -1.28. The summed E-state index contributed by atoms with van der Waals surface area (Å²) in [5.41, 5.74) is 0.765. The summed E-state index contributed by atoms with van der Waals surface area (Å²) in [4.78, 5) is 18.1. The maximum absolute atomic E-state index is 15.2. The highest BCUT2D eigenvalue weighted by Crippen LogP contribution is 2.24. The van der Waals surface area contributed by atoms with E-state index in [9.17, 15) is 4.79 Å². The van der Waals surface area contributed by atoms with Gasteiger partial charge in [-0.05, 0) is 30.4 Å². The Morgan fingerprint density at radius 1 is 1.17 bits per heavy atom. The number of nitrogens with one attached hydrogen (secondary N) is 1. The average molecular weight is 514 g/mol. The van der Waals surface area contributed by atoms with E-state index in [1.54, 1.807) is 6.07 Å². The molecule has 0 radical (unpaired) electrons. The quantitative estimate of drug-likeness (QED) is 0.278. The molecule has 4 rings (SSSR count). The van der Waals surface area contributed by atoms with Crippen LogP contribution in [-0.4, -0.2) is 44.0 Å². The van der Waals surface area contributed by atoms with Crippen molar-refractivity contribution >= 4 is 24.9 Å². The van der Waals surface area contributed by atoms with Gasteiger partial charge in [0.05, 0.1) is 5.52 Å². The molecule has 1 aliphatic heterocycles. The Hall–Kier alpha value is -2.75. The number of ether oxygens (including phenoxy) is 3. The van der Waals surface area contributed by atoms with E-state index in [-0.39, 0.29) is 17.6 Å². The van der Waals surface area contributed by atoms with Gasteiger partial charge in [0.2, 0.25) is 5.95 Å². The Kier molecular flexibility index (Phi) is 8.76. The zero-order valence-electron chi connectivity index (χ0n) is 21.4. The molecular weight excluding hydrogens is 477 g/mol. The van der Waals surface area contributed by atoms with Crippen molar-refractivity contribution < 1.29 is 18.6 Å². The van der Waals surface area contributed by atoms with Crippen molar-refractivity contribution in [3.63, 3.8) is 0 Å². The van der Waals surface area contributed by atoms with Crippen LogP contribution < -0.4 is 15.6 Å². The van der Waals surface area contributed by atoms with Gasteiger partial charge < -0.3 is 19.5 Å². The number of rotatable bonds is 11. The fourth-order valence-corrected chi connectivity index (χ4v) is 4.83. The lowest BCUT2D eigenvalue weighted by molar-refractivity contribution is 0.0695. The Morgan fingerprint density at radius 2 is 1.92 bits per heavy atom. The van der Waals surface area contributed by atoms with Gasteiger partial charge in [0.15, 0.2) is 0 Å². The molecule has 1 saturated heterocycles. The highest BCUT2D eigenvalue weighted by Gasteiger charge is 2.19. The zero-order valence-corrected chi connectivity index (χ0v) is 22.4. The van der Waals surface area contributed by atoms with E-state index >= 15 is 4.39 Å². The number of hydrogen-bond donors (Lipinski definition) is 1. The third kappa shape index (κ3) is 7.15. The first-order chi connectivity index (χ1) is 17.3. The van der Waals surface area contributed by atoms with Gasteiger partial charge in [-0.2, -0.15) is 0 Å². The van der Waals surface area contributed by atoms with Crippen molar-refractivity contribution in [3.8, 4) is 5.75 Å². The minimum Gasteiger partial charge on any atom is -0.489 e. The molecule has 0 bridgehead atoms. The van der Waals surface area contributed by atoms with E-state index in [1.807, 2.05) is 30.3 Å². The summed E-state index contributed by atoms with van der Waals surface area (Å²) in [6, 6.07) is 13.5. The molecule has 1 fully saturated rings. The largest absolute Gasteiger partial charge is 0.489 e. The molecule has 1 aliphatic rings. The first-order valence-corrected chi connectivity index (χ1v) is 16.3. The molecule has 0 saturated carbocycles. The van der Waals surface area contributed by atoms with E-state index in [0.29, 0.717) is 37.4 Å². The van der Waals surface area contributed by atoms with Crippen LogP contribution in [-0.2, 0) is 22.8 Å². The van der Waals surface area contributed by atoms with Crippen molar-refractivity contribution in [1.82, 2.24) is 9.55 Å². The monoisotopic (exact) mass is 513 g/mol. The lowest BCUT2D eigenvalue weighted by Gasteiger charge is -2.23. The molecule has 3 aromatic rings. The normalized spacial score (nSPS) is 14.8. The molecule has 0 aliphatic carbocycles. The van der Waals surface area contributed by atoms with E-state index in [1.165, 1.54) is 10.6 Å². The summed E-state index contributed by atoms with van der Waals surface area (Å²) in [5, 5.41) is 3.27. The van der Waals surface area contributed by atoms with Gasteiger partial charge in [0.1, 0.15) is 30.3 Å². The first-order valence-electron chi connectivity index (χ1n) is 12.6. The minimum atomic E-state index is -1.28. The number of hydrogen-bond acceptors (Lipinski definition) is 6. The number of anilines is 1. The molecule has 1 aromatic heterocycles. The predicted octanol–water partition coefficient (Wildman–Crippen LogP) is 5.27. The smallest absolute Gasteiger partial charge is 0.267 e. The SMILES string of the molecule is C[Si](C)(C)CCOCn1c(NCC2CCOCC2)nc2cc(OCc3ccccc3)cc(F)c2c1=O. The van der Waals surface area contributed by atoms with E-state index in [4.69, 9.17) is 14.2 Å². The van der Waals surface area contributed by atoms with Crippen LogP contribution in [0.4, 0.5) is 10.3 Å². The van der Waals surface area contributed by atoms with Crippen LogP contribution in [0.5, 0.6) is 5.75 Å². The number of halogens is 1. The molecule has 36 heavy (non-hydrogen) atoms. The highest BCUT2D eigenvalue weighted by atomic mass is 28.3. The zero-order chi connectivity index (χ0) is 25.5. The van der Waals surface area contributed by atoms with Crippen LogP contribution in [0.1, 0.15) is 18.4 Å². The van der Waals surface area contributed by atoms with Gasteiger partial charge in [0, 0.05) is 46.6 Å². The van der Waals surface area contributed by atoms with Crippen LogP contribution >= 0.6 is 0 Å². The van der Waals surface area contributed by atoms with Crippen LogP contribution in [0.15, 0.2) is 47.3 Å². The van der Waals surface area contributed by atoms with Crippen LogP contribution in [0.3, 0.4) is 0 Å². The summed E-state index contributed by atoms with van der Waals surface area (Å²) in [6.07, 6.45) is 1.90. The topological polar surface area (TPSA) is 74.6 Å². The molecular formula is C27H36FN3O4Si. The third-order valence-corrected chi connectivity index (χ3v) is 8.04. The summed E-state index contributed by atoms with van der Waals surface area (Å²) in [6.45, 7) is 9.80. The number of nitrogens with zero attached hydrogens (tertiary/aromatic N) is 2. The van der Waals surface area contributed by atoms with Gasteiger partial charge in [-0.1, -0.05) is 50.0 Å². The van der Waals surface area contributed by atoms with Gasteiger partial charge in [-0.3, -0.25) is 9.36 Å². The van der Waals surface area contributed by atoms with Gasteiger partial charge in [0.25, 0.3) is 5.56 Å². The maximum Gasteiger partial charge on any atom is 0.267 e. The average Bonchev–Trinajstić information content (AvgIpc) is 2.85. The van der Waals surface area contributed by atoms with Crippen LogP contribution in [0.25, 0.3) is 10.9 Å². The van der Waals surface area contributed by atoms with Gasteiger partial charge in [-0.25, -0.2) is 9.37 Å². The molecule has 2 aromatic carbocycles. The third-order valence-electron chi connectivity index (χ3n) is 6.34. The molecule has 0 atom stereocenters. The van der Waals surface area contributed by atoms with Crippen LogP contribution in [0, 0.1) is 11.7 Å². The Bertz CT molecular complexity index is 1210. The first kappa shape index (κ1) is 26.3. The number of aromatic nitrogens is 2. The Morgan fingerprint density at radius 3 is 2.64 bits per heavy atom. The van der Waals surface area contributed by atoms with Gasteiger partial charge in [-0.15, -0.1) is 0 Å². The molecule has 0 spiro atoms. The van der Waals surface area contributed by atoms with Crippen molar-refractivity contribution in [3.05, 3.63) is 64.2 Å². The van der Waals surface area contributed by atoms with E-state index in [0.717, 1.165) is 37.7 Å². The lowest BCUT2D eigenvalue weighted by Crippen LogP contribution is -2.30. The van der Waals surface area contributed by atoms with Crippen LogP contribution in [0.2, 0.25) is 25.7 Å². The molecule has 0 unspecified atom stereocenters. The second kappa shape index (κ2) is 12.0. The van der Waals surface area contributed by atoms with Crippen molar-refractivity contribution in [1.29, 1.82) is 0 Å². The summed E-state index contributed by atoms with van der Waals surface area (Å²) >= 11 is 0. The molecule has 1 N–H and O–H groups in total. The number of benzene rings is 2. The lowest BCUT2D eigenvalue weighted by atomic mass is 10.0. The molecule has 9 heteroatoms. The molecule has 7 nitrogen and oxygen atoms in total. The molecule has 0 amide bonds. The van der Waals surface area contributed by atoms with Gasteiger partial charge >= 0.3 is 0 Å². The van der Waals surface area contributed by atoms with E-state index in [2.05, 4.69) is 29.9 Å². The van der Waals surface area contributed by atoms with Crippen molar-refractivity contribution in [2.75, 3.05) is 31.7 Å². The molecule has 194 valence electrons. The highest BCUT2D eigenvalue weighted by molar-refractivity contribution is 6.76. The Balaban J connectivity index is 1.60. The number of fused-ring (bicyclic) bond motifs is 1. The predicted molar refractivity (Wildman–Crippen MR) is 143 cm³/mol. The fourth-order valence-electron chi connectivity index (χ4n) is 4.07. The molecule has 2 heterocycles. The second-order valence-electron chi connectivity index (χ2n) is 10.5. The summed E-state index contributed by atoms with van der Waals surface area (Å²) < 4.78 is 33.7. The van der Waals surface area contributed by atoms with E-state index < -0.39 is 19.5 Å². The minimum absolute atomic E-state index is 0.0219. The van der Waals surface area contributed by atoms with Crippen molar-refractivity contribution in [2.24, 2.45) is 5.92 Å². The van der Waals surface area contributed by atoms with Crippen molar-refractivity contribution in [2.45, 2.75) is 51.9 Å². The maximum atomic E-state index is 15.2. The second-order valence-corrected chi connectivity index (χ2v) is 16.1. The Labute approximate surface area is 212 Å². The fraction of sp³-hybridized carbons (Fsp3) is 0.481. The standard InChI is InChI=1S/C27H36FN3O4Si/c1-36(2,3)14-13-34-19-31-26(32)25-23(28)15-22(35-18-21-7-5-4-6-8-21)16-24(25)30-27(31)29-17-20-9-11-33-12-10-20/h4-8,15-16,20H,9-14,17-19H2,1-3H3,(H,29,30).